The van der Waals surface area contributed by atoms with Crippen LogP contribution < -0.4 is 15.8 Å². The van der Waals surface area contributed by atoms with E-state index in [1.807, 2.05) is 12.1 Å². The zero-order chi connectivity index (χ0) is 20.1. The highest BCUT2D eigenvalue weighted by atomic mass is 32.2. The molecule has 0 fully saturated rings. The molecule has 28 heavy (non-hydrogen) atoms. The summed E-state index contributed by atoms with van der Waals surface area (Å²) in [5, 5.41) is 11.7. The number of nitrogens with two attached hydrogens (primary N) is 1. The molecule has 0 saturated heterocycles. The van der Waals surface area contributed by atoms with E-state index in [9.17, 15) is 8.42 Å². The summed E-state index contributed by atoms with van der Waals surface area (Å²) < 4.78 is 22.6. The Bertz CT molecular complexity index is 1070. The minimum Gasteiger partial charge on any atom is -0.370 e. The Hall–Kier alpha value is -2.97. The van der Waals surface area contributed by atoms with Gasteiger partial charge in [-0.05, 0) is 49.6 Å². The van der Waals surface area contributed by atoms with Crippen molar-refractivity contribution in [2.75, 3.05) is 17.2 Å². The van der Waals surface area contributed by atoms with Crippen LogP contribution in [0.4, 0.5) is 17.3 Å². The van der Waals surface area contributed by atoms with Crippen LogP contribution >= 0.6 is 0 Å². The number of sulfonamides is 1. The number of nitrogens with zero attached hydrogens (tertiary/aromatic N) is 2. The Labute approximate surface area is 165 Å². The molecule has 3 aromatic rings. The lowest BCUT2D eigenvalue weighted by molar-refractivity contribution is 0.598. The second kappa shape index (κ2) is 8.37. The van der Waals surface area contributed by atoms with Crippen molar-refractivity contribution in [1.82, 2.24) is 9.97 Å². The maximum atomic E-state index is 11.3. The highest BCUT2D eigenvalue weighted by molar-refractivity contribution is 7.89. The van der Waals surface area contributed by atoms with Crippen LogP contribution in [0.3, 0.4) is 0 Å². The summed E-state index contributed by atoms with van der Waals surface area (Å²) in [5.41, 5.74) is 4.37. The lowest BCUT2D eigenvalue weighted by Crippen LogP contribution is -2.12. The van der Waals surface area contributed by atoms with Crippen molar-refractivity contribution >= 4 is 27.3 Å². The zero-order valence-corrected chi connectivity index (χ0v) is 16.6. The molecule has 146 valence electrons. The molecule has 2 aromatic carbocycles. The highest BCUT2D eigenvalue weighted by Crippen LogP contribution is 2.21. The Balaban J connectivity index is 1.59. The van der Waals surface area contributed by atoms with Gasteiger partial charge in [0.15, 0.2) is 0 Å². The van der Waals surface area contributed by atoms with Crippen molar-refractivity contribution in [3.63, 3.8) is 0 Å². The SMILES string of the molecule is Cc1ccc(Nc2cc(NCCc3ccc(S(N)(=O)=O)cc3)ncn2)c(C)c1. The minimum atomic E-state index is -3.66. The molecule has 0 saturated carbocycles. The van der Waals surface area contributed by atoms with Crippen molar-refractivity contribution in [2.45, 2.75) is 25.2 Å². The van der Waals surface area contributed by atoms with Gasteiger partial charge < -0.3 is 10.6 Å². The molecule has 3 rings (SSSR count). The van der Waals surface area contributed by atoms with Gasteiger partial charge >= 0.3 is 0 Å². The van der Waals surface area contributed by atoms with E-state index in [0.29, 0.717) is 24.6 Å². The Morgan fingerprint density at radius 1 is 0.964 bits per heavy atom. The largest absolute Gasteiger partial charge is 0.370 e. The quantitative estimate of drug-likeness (QED) is 0.565. The standard InChI is InChI=1S/C20H23N5O2S/c1-14-3-8-18(15(2)11-14)25-20-12-19(23-13-24-20)22-10-9-16-4-6-17(7-5-16)28(21,26)27/h3-8,11-13H,9-10H2,1-2H3,(H2,21,26,27)(H2,22,23,24,25). The summed E-state index contributed by atoms with van der Waals surface area (Å²) in [6.45, 7) is 4.76. The van der Waals surface area contributed by atoms with E-state index in [-0.39, 0.29) is 4.90 Å². The number of nitrogens with one attached hydrogen (secondary N) is 2. The van der Waals surface area contributed by atoms with Crippen LogP contribution in [-0.2, 0) is 16.4 Å². The first-order chi connectivity index (χ1) is 13.3. The average Bonchev–Trinajstić information content (AvgIpc) is 2.64. The fourth-order valence-corrected chi connectivity index (χ4v) is 3.31. The number of aryl methyl sites for hydroxylation is 2. The molecule has 0 aliphatic carbocycles. The van der Waals surface area contributed by atoms with Crippen molar-refractivity contribution in [1.29, 1.82) is 0 Å². The van der Waals surface area contributed by atoms with Gasteiger partial charge in [-0.2, -0.15) is 0 Å². The van der Waals surface area contributed by atoms with E-state index < -0.39 is 10.0 Å². The second-order valence-electron chi connectivity index (χ2n) is 6.60. The van der Waals surface area contributed by atoms with Crippen LogP contribution in [0.15, 0.2) is 59.8 Å². The third-order valence-corrected chi connectivity index (χ3v) is 5.21. The van der Waals surface area contributed by atoms with Crippen LogP contribution in [0.25, 0.3) is 0 Å². The molecule has 4 N–H and O–H groups in total. The third kappa shape index (κ3) is 5.28. The molecule has 8 heteroatoms. The predicted molar refractivity (Wildman–Crippen MR) is 111 cm³/mol. The summed E-state index contributed by atoms with van der Waals surface area (Å²) >= 11 is 0. The fourth-order valence-electron chi connectivity index (χ4n) is 2.79. The maximum absolute atomic E-state index is 11.3. The van der Waals surface area contributed by atoms with Gasteiger partial charge in [0, 0.05) is 18.3 Å². The molecule has 7 nitrogen and oxygen atoms in total. The monoisotopic (exact) mass is 397 g/mol. The Morgan fingerprint density at radius 2 is 1.68 bits per heavy atom. The number of benzene rings is 2. The summed E-state index contributed by atoms with van der Waals surface area (Å²) in [5.74, 6) is 1.42. The molecule has 0 aliphatic rings. The van der Waals surface area contributed by atoms with Gasteiger partial charge in [0.2, 0.25) is 10.0 Å². The van der Waals surface area contributed by atoms with Gasteiger partial charge in [0.1, 0.15) is 18.0 Å². The molecular weight excluding hydrogens is 374 g/mol. The van der Waals surface area contributed by atoms with E-state index in [1.165, 1.54) is 24.0 Å². The van der Waals surface area contributed by atoms with Crippen LogP contribution in [0.2, 0.25) is 0 Å². The summed E-state index contributed by atoms with van der Waals surface area (Å²) in [7, 11) is -3.66. The molecule has 1 aromatic heterocycles. The molecule has 0 aliphatic heterocycles. The van der Waals surface area contributed by atoms with Crippen LogP contribution in [0.5, 0.6) is 0 Å². The van der Waals surface area contributed by atoms with Crippen LogP contribution in [-0.4, -0.2) is 24.9 Å². The Kier molecular flexibility index (Phi) is 5.91. The van der Waals surface area contributed by atoms with Gasteiger partial charge in [-0.1, -0.05) is 29.8 Å². The number of anilines is 3. The van der Waals surface area contributed by atoms with E-state index >= 15 is 0 Å². The van der Waals surface area contributed by atoms with Gasteiger partial charge in [-0.25, -0.2) is 23.5 Å². The number of rotatable bonds is 7. The molecular formula is C20H23N5O2S. The lowest BCUT2D eigenvalue weighted by atomic mass is 10.1. The molecule has 0 spiro atoms. The van der Waals surface area contributed by atoms with Gasteiger partial charge in [0.05, 0.1) is 4.90 Å². The fraction of sp³-hybridized carbons (Fsp3) is 0.200. The van der Waals surface area contributed by atoms with Gasteiger partial charge in [-0.15, -0.1) is 0 Å². The van der Waals surface area contributed by atoms with Crippen LogP contribution in [0.1, 0.15) is 16.7 Å². The minimum absolute atomic E-state index is 0.113. The first-order valence-corrected chi connectivity index (χ1v) is 10.4. The topological polar surface area (TPSA) is 110 Å². The first-order valence-electron chi connectivity index (χ1n) is 8.83. The molecule has 0 unspecified atom stereocenters. The zero-order valence-electron chi connectivity index (χ0n) is 15.8. The number of aromatic nitrogens is 2. The van der Waals surface area contributed by atoms with E-state index in [2.05, 4.69) is 46.6 Å². The Morgan fingerprint density at radius 3 is 2.36 bits per heavy atom. The van der Waals surface area contributed by atoms with E-state index in [1.54, 1.807) is 12.1 Å². The van der Waals surface area contributed by atoms with Crippen LogP contribution in [0, 0.1) is 13.8 Å². The number of hydrogen-bond donors (Lipinski definition) is 3. The number of primary sulfonamides is 1. The maximum Gasteiger partial charge on any atom is 0.238 e. The van der Waals surface area contributed by atoms with Gasteiger partial charge in [-0.3, -0.25) is 0 Å². The summed E-state index contributed by atoms with van der Waals surface area (Å²) in [6, 6.07) is 14.6. The van der Waals surface area contributed by atoms with E-state index in [4.69, 9.17) is 5.14 Å². The molecule has 0 atom stereocenters. The molecule has 0 amide bonds. The predicted octanol–water partition coefficient (Wildman–Crippen LogP) is 3.14. The molecule has 0 bridgehead atoms. The third-order valence-electron chi connectivity index (χ3n) is 4.28. The normalized spacial score (nSPS) is 11.2. The first kappa shape index (κ1) is 19.8. The molecule has 0 radical (unpaired) electrons. The summed E-state index contributed by atoms with van der Waals surface area (Å²) in [6.07, 6.45) is 2.23. The molecule has 1 heterocycles. The highest BCUT2D eigenvalue weighted by Gasteiger charge is 2.07. The van der Waals surface area contributed by atoms with Crippen molar-refractivity contribution in [3.05, 3.63) is 71.5 Å². The van der Waals surface area contributed by atoms with Gasteiger partial charge in [0.25, 0.3) is 0 Å². The number of hydrogen-bond acceptors (Lipinski definition) is 6. The lowest BCUT2D eigenvalue weighted by Gasteiger charge is -2.11. The van der Waals surface area contributed by atoms with E-state index in [0.717, 1.165) is 16.8 Å². The van der Waals surface area contributed by atoms with Crippen molar-refractivity contribution in [2.24, 2.45) is 5.14 Å². The average molecular weight is 398 g/mol. The van der Waals surface area contributed by atoms with Crippen molar-refractivity contribution < 1.29 is 8.42 Å². The second-order valence-corrected chi connectivity index (χ2v) is 8.16. The smallest absolute Gasteiger partial charge is 0.238 e. The van der Waals surface area contributed by atoms with Crippen molar-refractivity contribution in [3.8, 4) is 0 Å². The summed E-state index contributed by atoms with van der Waals surface area (Å²) in [4.78, 5) is 8.62.